The zero-order valence-electron chi connectivity index (χ0n) is 17.6. The molecule has 5 nitrogen and oxygen atoms in total. The Labute approximate surface area is 191 Å². The van der Waals surface area contributed by atoms with Gasteiger partial charge in [0.25, 0.3) is 5.91 Å². The molecule has 0 radical (unpaired) electrons. The van der Waals surface area contributed by atoms with Crippen LogP contribution in [0.15, 0.2) is 46.9 Å². The summed E-state index contributed by atoms with van der Waals surface area (Å²) in [6, 6.07) is 12.2. The average Bonchev–Trinajstić information content (AvgIpc) is 3.03. The van der Waals surface area contributed by atoms with E-state index in [1.807, 2.05) is 12.1 Å². The van der Waals surface area contributed by atoms with Crippen LogP contribution in [-0.2, 0) is 17.9 Å². The quantitative estimate of drug-likeness (QED) is 0.577. The molecular formula is C24H29BrFN3O2. The largest absolute Gasteiger partial charge is 0.352 e. The first kappa shape index (κ1) is 23.4. The molecule has 0 atom stereocenters. The van der Waals surface area contributed by atoms with Gasteiger partial charge in [-0.05, 0) is 71.2 Å². The Hall–Kier alpha value is -2.25. The van der Waals surface area contributed by atoms with Gasteiger partial charge in [0.15, 0.2) is 0 Å². The maximum atomic E-state index is 13.3. The predicted molar refractivity (Wildman–Crippen MR) is 123 cm³/mol. The molecule has 1 aliphatic rings. The Kier molecular flexibility index (Phi) is 9.03. The van der Waals surface area contributed by atoms with Gasteiger partial charge in [-0.2, -0.15) is 0 Å². The number of carbonyl (C=O) groups excluding carboxylic acids is 2. The van der Waals surface area contributed by atoms with Gasteiger partial charge in [0.1, 0.15) is 5.82 Å². The molecule has 7 heteroatoms. The van der Waals surface area contributed by atoms with Crippen LogP contribution in [0.25, 0.3) is 0 Å². The van der Waals surface area contributed by atoms with Crippen molar-refractivity contribution in [3.8, 4) is 0 Å². The van der Waals surface area contributed by atoms with Crippen molar-refractivity contribution in [2.75, 3.05) is 19.6 Å². The maximum absolute atomic E-state index is 13.3. The van der Waals surface area contributed by atoms with Gasteiger partial charge >= 0.3 is 0 Å². The second kappa shape index (κ2) is 12.0. The normalized spacial score (nSPS) is 14.6. The summed E-state index contributed by atoms with van der Waals surface area (Å²) in [4.78, 5) is 26.8. The molecule has 1 heterocycles. The lowest BCUT2D eigenvalue weighted by Crippen LogP contribution is -2.30. The van der Waals surface area contributed by atoms with E-state index >= 15 is 0 Å². The van der Waals surface area contributed by atoms with Gasteiger partial charge in [-0.15, -0.1) is 0 Å². The van der Waals surface area contributed by atoms with Gasteiger partial charge in [-0.1, -0.05) is 37.1 Å². The van der Waals surface area contributed by atoms with E-state index in [2.05, 4.69) is 43.6 Å². The molecule has 0 aromatic heterocycles. The molecular weight excluding hydrogens is 461 g/mol. The lowest BCUT2D eigenvalue weighted by atomic mass is 10.1. The SMILES string of the molecule is O=C(CCNC(=O)c1cc(F)ccc1Br)NCc1cccc(CN2CCCCCC2)c1. The first-order chi connectivity index (χ1) is 15.0. The second-order valence-electron chi connectivity index (χ2n) is 7.92. The van der Waals surface area contributed by atoms with Gasteiger partial charge in [0.2, 0.25) is 5.91 Å². The van der Waals surface area contributed by atoms with Gasteiger partial charge < -0.3 is 10.6 Å². The number of carbonyl (C=O) groups is 2. The van der Waals surface area contributed by atoms with Crippen molar-refractivity contribution in [3.63, 3.8) is 0 Å². The zero-order valence-corrected chi connectivity index (χ0v) is 19.2. The van der Waals surface area contributed by atoms with E-state index in [4.69, 9.17) is 0 Å². The molecule has 166 valence electrons. The minimum absolute atomic E-state index is 0.142. The molecule has 0 bridgehead atoms. The summed E-state index contributed by atoms with van der Waals surface area (Å²) in [6.45, 7) is 3.89. The molecule has 0 aliphatic carbocycles. The van der Waals surface area contributed by atoms with Crippen LogP contribution in [0.5, 0.6) is 0 Å². The Morgan fingerprint density at radius 1 is 0.968 bits per heavy atom. The number of hydrogen-bond acceptors (Lipinski definition) is 3. The van der Waals surface area contributed by atoms with E-state index in [0.29, 0.717) is 11.0 Å². The summed E-state index contributed by atoms with van der Waals surface area (Å²) < 4.78 is 13.8. The third-order valence-electron chi connectivity index (χ3n) is 5.40. The van der Waals surface area contributed by atoms with Crippen LogP contribution in [-0.4, -0.2) is 36.3 Å². The highest BCUT2D eigenvalue weighted by molar-refractivity contribution is 9.10. The minimum atomic E-state index is -0.482. The number of likely N-dealkylation sites (tertiary alicyclic amines) is 1. The molecule has 1 fully saturated rings. The first-order valence-corrected chi connectivity index (χ1v) is 11.6. The van der Waals surface area contributed by atoms with Crippen molar-refractivity contribution in [3.05, 3.63) is 69.4 Å². The zero-order chi connectivity index (χ0) is 22.1. The molecule has 1 saturated heterocycles. The van der Waals surface area contributed by atoms with Crippen LogP contribution in [0.2, 0.25) is 0 Å². The number of halogens is 2. The van der Waals surface area contributed by atoms with Gasteiger partial charge in [0.05, 0.1) is 5.56 Å². The van der Waals surface area contributed by atoms with Crippen LogP contribution >= 0.6 is 15.9 Å². The molecule has 3 rings (SSSR count). The summed E-state index contributed by atoms with van der Waals surface area (Å²) in [7, 11) is 0. The molecule has 31 heavy (non-hydrogen) atoms. The highest BCUT2D eigenvalue weighted by Gasteiger charge is 2.12. The van der Waals surface area contributed by atoms with Crippen molar-refractivity contribution in [1.82, 2.24) is 15.5 Å². The Morgan fingerprint density at radius 2 is 1.71 bits per heavy atom. The third-order valence-corrected chi connectivity index (χ3v) is 6.09. The lowest BCUT2D eigenvalue weighted by molar-refractivity contribution is -0.121. The van der Waals surface area contributed by atoms with Crippen molar-refractivity contribution in [2.45, 2.75) is 45.2 Å². The fourth-order valence-electron chi connectivity index (χ4n) is 3.74. The van der Waals surface area contributed by atoms with E-state index in [1.165, 1.54) is 43.4 Å². The average molecular weight is 490 g/mol. The summed E-state index contributed by atoms with van der Waals surface area (Å²) in [5, 5.41) is 5.55. The fourth-order valence-corrected chi connectivity index (χ4v) is 4.16. The highest BCUT2D eigenvalue weighted by Crippen LogP contribution is 2.17. The van der Waals surface area contributed by atoms with Crippen molar-refractivity contribution < 1.29 is 14.0 Å². The summed E-state index contributed by atoms with van der Waals surface area (Å²) in [5.41, 5.74) is 2.54. The topological polar surface area (TPSA) is 61.4 Å². The summed E-state index contributed by atoms with van der Waals surface area (Å²) in [6.07, 6.45) is 5.34. The predicted octanol–water partition coefficient (Wildman–Crippen LogP) is 4.40. The maximum Gasteiger partial charge on any atom is 0.252 e. The standard InChI is InChI=1S/C24H29BrFN3O2/c25-22-9-8-20(26)15-21(22)24(31)27-11-10-23(30)28-16-18-6-5-7-19(14-18)17-29-12-3-1-2-4-13-29/h5-9,14-15H,1-4,10-13,16-17H2,(H,27,31)(H,28,30). The second-order valence-corrected chi connectivity index (χ2v) is 8.77. The van der Waals surface area contributed by atoms with Crippen LogP contribution < -0.4 is 10.6 Å². The van der Waals surface area contributed by atoms with Gasteiger partial charge in [-0.25, -0.2) is 4.39 Å². The van der Waals surface area contributed by atoms with E-state index in [1.54, 1.807) is 0 Å². The lowest BCUT2D eigenvalue weighted by Gasteiger charge is -2.20. The highest BCUT2D eigenvalue weighted by atomic mass is 79.9. The van der Waals surface area contributed by atoms with E-state index in [9.17, 15) is 14.0 Å². The molecule has 0 unspecified atom stereocenters. The smallest absolute Gasteiger partial charge is 0.252 e. The molecule has 1 aliphatic heterocycles. The van der Waals surface area contributed by atoms with Crippen LogP contribution in [0.1, 0.15) is 53.6 Å². The van der Waals surface area contributed by atoms with Crippen LogP contribution in [0.3, 0.4) is 0 Å². The molecule has 2 amide bonds. The first-order valence-electron chi connectivity index (χ1n) is 10.8. The Bertz CT molecular complexity index is 898. The Balaban J connectivity index is 1.41. The molecule has 0 spiro atoms. The van der Waals surface area contributed by atoms with Gasteiger partial charge in [0, 0.05) is 30.5 Å². The molecule has 2 N–H and O–H groups in total. The van der Waals surface area contributed by atoms with Crippen molar-refractivity contribution in [2.24, 2.45) is 0 Å². The third kappa shape index (κ3) is 7.74. The van der Waals surface area contributed by atoms with Gasteiger partial charge in [-0.3, -0.25) is 14.5 Å². The molecule has 2 aromatic carbocycles. The monoisotopic (exact) mass is 489 g/mol. The number of hydrogen-bond donors (Lipinski definition) is 2. The van der Waals surface area contributed by atoms with Crippen LogP contribution in [0, 0.1) is 5.82 Å². The number of benzene rings is 2. The minimum Gasteiger partial charge on any atom is -0.352 e. The summed E-state index contributed by atoms with van der Waals surface area (Å²) in [5.74, 6) is -1.04. The van der Waals surface area contributed by atoms with E-state index in [0.717, 1.165) is 31.3 Å². The number of rotatable bonds is 8. The number of nitrogens with one attached hydrogen (secondary N) is 2. The summed E-state index contributed by atoms with van der Waals surface area (Å²) >= 11 is 3.23. The molecule has 0 saturated carbocycles. The van der Waals surface area contributed by atoms with Crippen LogP contribution in [0.4, 0.5) is 4.39 Å². The van der Waals surface area contributed by atoms with E-state index < -0.39 is 11.7 Å². The van der Waals surface area contributed by atoms with Crippen molar-refractivity contribution >= 4 is 27.7 Å². The number of amides is 2. The number of nitrogens with zero attached hydrogens (tertiary/aromatic N) is 1. The molecule has 2 aromatic rings. The van der Waals surface area contributed by atoms with E-state index in [-0.39, 0.29) is 24.4 Å². The Morgan fingerprint density at radius 3 is 2.48 bits per heavy atom. The fraction of sp³-hybridized carbons (Fsp3) is 0.417. The van der Waals surface area contributed by atoms with Crippen molar-refractivity contribution in [1.29, 1.82) is 0 Å².